The molecule has 0 bridgehead atoms. The summed E-state index contributed by atoms with van der Waals surface area (Å²) in [5.74, 6) is 1.13. The van der Waals surface area contributed by atoms with E-state index in [2.05, 4.69) is 15.3 Å². The Morgan fingerprint density at radius 3 is 2.52 bits per heavy atom. The second-order valence-corrected chi connectivity index (χ2v) is 5.07. The summed E-state index contributed by atoms with van der Waals surface area (Å²) in [5.41, 5.74) is 1.35. The fourth-order valence-electron chi connectivity index (χ4n) is 1.64. The molecule has 0 atom stereocenters. The molecule has 1 N–H and O–H groups in total. The van der Waals surface area contributed by atoms with E-state index in [1.165, 1.54) is 7.11 Å². The van der Waals surface area contributed by atoms with Crippen molar-refractivity contribution < 1.29 is 9.47 Å². The molecule has 0 unspecified atom stereocenters. The molecule has 1 aromatic heterocycles. The number of ether oxygens (including phenoxy) is 2. The van der Waals surface area contributed by atoms with E-state index in [0.29, 0.717) is 34.3 Å². The molecule has 0 fully saturated rings. The van der Waals surface area contributed by atoms with Crippen LogP contribution in [0, 0.1) is 0 Å². The van der Waals surface area contributed by atoms with E-state index in [0.717, 1.165) is 0 Å². The first-order chi connectivity index (χ1) is 10.0. The summed E-state index contributed by atoms with van der Waals surface area (Å²) in [7, 11) is 3.10. The second kappa shape index (κ2) is 7.02. The summed E-state index contributed by atoms with van der Waals surface area (Å²) in [6, 6.07) is 3.46. The van der Waals surface area contributed by atoms with Crippen molar-refractivity contribution in [1.29, 1.82) is 0 Å². The van der Waals surface area contributed by atoms with Crippen LogP contribution in [0.15, 0.2) is 18.3 Å². The zero-order valence-corrected chi connectivity index (χ0v) is 13.6. The van der Waals surface area contributed by atoms with E-state index < -0.39 is 0 Å². The van der Waals surface area contributed by atoms with Gasteiger partial charge >= 0.3 is 0 Å². The van der Waals surface area contributed by atoms with Crippen LogP contribution < -0.4 is 14.8 Å². The lowest BCUT2D eigenvalue weighted by molar-refractivity contribution is 0.395. The number of anilines is 1. The molecule has 0 amide bonds. The quantitative estimate of drug-likeness (QED) is 0.652. The van der Waals surface area contributed by atoms with E-state index in [4.69, 9.17) is 44.3 Å². The van der Waals surface area contributed by atoms with Gasteiger partial charge in [0, 0.05) is 30.4 Å². The molecule has 0 radical (unpaired) electrons. The molecule has 112 valence electrons. The number of rotatable bonds is 5. The van der Waals surface area contributed by atoms with E-state index in [1.54, 1.807) is 25.4 Å². The van der Waals surface area contributed by atoms with Gasteiger partial charge < -0.3 is 14.8 Å². The monoisotopic (exact) mass is 347 g/mol. The Morgan fingerprint density at radius 2 is 1.90 bits per heavy atom. The van der Waals surface area contributed by atoms with Gasteiger partial charge in [-0.15, -0.1) is 0 Å². The summed E-state index contributed by atoms with van der Waals surface area (Å²) in [5, 5.41) is 3.98. The van der Waals surface area contributed by atoms with Crippen LogP contribution in [-0.4, -0.2) is 24.2 Å². The molecule has 0 saturated carbocycles. The molecule has 1 aromatic carbocycles. The summed E-state index contributed by atoms with van der Waals surface area (Å²) in [6.45, 7) is 0.381. The number of halogens is 3. The SMILES string of the molecule is COc1cc(NCc2cnc(Cl)nc2Cl)c(Cl)c(OC)c1. The van der Waals surface area contributed by atoms with Gasteiger partial charge in [0.2, 0.25) is 5.28 Å². The van der Waals surface area contributed by atoms with Crippen molar-refractivity contribution in [2.24, 2.45) is 0 Å². The number of hydrogen-bond donors (Lipinski definition) is 1. The first-order valence-corrected chi connectivity index (χ1v) is 7.01. The first-order valence-electron chi connectivity index (χ1n) is 5.87. The molecule has 21 heavy (non-hydrogen) atoms. The van der Waals surface area contributed by atoms with Crippen molar-refractivity contribution in [2.45, 2.75) is 6.54 Å². The average molecular weight is 349 g/mol. The molecule has 2 aromatic rings. The van der Waals surface area contributed by atoms with Gasteiger partial charge in [-0.05, 0) is 11.6 Å². The van der Waals surface area contributed by atoms with Gasteiger partial charge in [0.25, 0.3) is 0 Å². The minimum Gasteiger partial charge on any atom is -0.497 e. The maximum Gasteiger partial charge on any atom is 0.223 e. The number of aromatic nitrogens is 2. The highest BCUT2D eigenvalue weighted by atomic mass is 35.5. The van der Waals surface area contributed by atoms with Gasteiger partial charge in [-0.3, -0.25) is 0 Å². The molecule has 0 aliphatic heterocycles. The van der Waals surface area contributed by atoms with E-state index in [-0.39, 0.29) is 10.4 Å². The summed E-state index contributed by atoms with van der Waals surface area (Å²) < 4.78 is 10.4. The van der Waals surface area contributed by atoms with Gasteiger partial charge in [0.1, 0.15) is 21.7 Å². The predicted octanol–water partition coefficient (Wildman–Crippen LogP) is 4.07. The number of nitrogens with zero attached hydrogens (tertiary/aromatic N) is 2. The maximum absolute atomic E-state index is 6.24. The highest BCUT2D eigenvalue weighted by Crippen LogP contribution is 2.36. The molecule has 2 rings (SSSR count). The van der Waals surface area contributed by atoms with E-state index in [1.807, 2.05) is 0 Å². The lowest BCUT2D eigenvalue weighted by Gasteiger charge is -2.13. The molecule has 5 nitrogen and oxygen atoms in total. The van der Waals surface area contributed by atoms with Crippen LogP contribution in [0.4, 0.5) is 5.69 Å². The Bertz CT molecular complexity index is 653. The average Bonchev–Trinajstić information content (AvgIpc) is 2.47. The number of nitrogens with one attached hydrogen (secondary N) is 1. The molecule has 0 spiro atoms. The van der Waals surface area contributed by atoms with Crippen LogP contribution in [0.5, 0.6) is 11.5 Å². The fourth-order valence-corrected chi connectivity index (χ4v) is 2.27. The third-order valence-electron chi connectivity index (χ3n) is 2.72. The molecular formula is C13H12Cl3N3O2. The van der Waals surface area contributed by atoms with Crippen molar-refractivity contribution in [3.8, 4) is 11.5 Å². The van der Waals surface area contributed by atoms with Crippen molar-refractivity contribution in [3.63, 3.8) is 0 Å². The molecule has 1 heterocycles. The summed E-state index contributed by atoms with van der Waals surface area (Å²) >= 11 is 17.9. The lowest BCUT2D eigenvalue weighted by Crippen LogP contribution is -2.03. The van der Waals surface area contributed by atoms with E-state index >= 15 is 0 Å². The molecule has 0 aliphatic carbocycles. The fraction of sp³-hybridized carbons (Fsp3) is 0.231. The standard InChI is InChI=1S/C13H12Cl3N3O2/c1-20-8-3-9(11(14)10(4-8)21-2)17-5-7-6-18-13(16)19-12(7)15/h3-4,6,17H,5H2,1-2H3. The third kappa shape index (κ3) is 3.81. The van der Waals surface area contributed by atoms with Crippen LogP contribution in [-0.2, 0) is 6.54 Å². The van der Waals surface area contributed by atoms with Crippen molar-refractivity contribution in [2.75, 3.05) is 19.5 Å². The highest BCUT2D eigenvalue weighted by Gasteiger charge is 2.11. The van der Waals surface area contributed by atoms with Gasteiger partial charge in [-0.1, -0.05) is 23.2 Å². The third-order valence-corrected chi connectivity index (χ3v) is 3.62. The largest absolute Gasteiger partial charge is 0.497 e. The minimum atomic E-state index is 0.102. The Hall–Kier alpha value is -1.43. The Kier molecular flexibility index (Phi) is 5.33. The second-order valence-electron chi connectivity index (χ2n) is 4.00. The van der Waals surface area contributed by atoms with Crippen molar-refractivity contribution >= 4 is 40.5 Å². The molecule has 0 saturated heterocycles. The topological polar surface area (TPSA) is 56.3 Å². The molecular weight excluding hydrogens is 337 g/mol. The van der Waals surface area contributed by atoms with Crippen molar-refractivity contribution in [3.05, 3.63) is 39.4 Å². The van der Waals surface area contributed by atoms with Gasteiger partial charge in [-0.2, -0.15) is 0 Å². The Morgan fingerprint density at radius 1 is 1.14 bits per heavy atom. The zero-order chi connectivity index (χ0) is 15.4. The summed E-state index contributed by atoms with van der Waals surface area (Å²) in [6.07, 6.45) is 1.55. The van der Waals surface area contributed by atoms with E-state index in [9.17, 15) is 0 Å². The number of methoxy groups -OCH3 is 2. The van der Waals surface area contributed by atoms with Gasteiger partial charge in [-0.25, -0.2) is 9.97 Å². The van der Waals surface area contributed by atoms with Crippen LogP contribution in [0.3, 0.4) is 0 Å². The van der Waals surface area contributed by atoms with Crippen LogP contribution in [0.25, 0.3) is 0 Å². The number of hydrogen-bond acceptors (Lipinski definition) is 5. The number of benzene rings is 1. The predicted molar refractivity (Wildman–Crippen MR) is 83.9 cm³/mol. The van der Waals surface area contributed by atoms with Gasteiger partial charge in [0.05, 0.1) is 19.9 Å². The van der Waals surface area contributed by atoms with Gasteiger partial charge in [0.15, 0.2) is 0 Å². The smallest absolute Gasteiger partial charge is 0.223 e. The minimum absolute atomic E-state index is 0.102. The molecule has 8 heteroatoms. The summed E-state index contributed by atoms with van der Waals surface area (Å²) in [4.78, 5) is 7.76. The Balaban J connectivity index is 2.23. The lowest BCUT2D eigenvalue weighted by atomic mass is 10.2. The Labute approximate surface area is 137 Å². The van der Waals surface area contributed by atoms with Crippen LogP contribution in [0.1, 0.15) is 5.56 Å². The zero-order valence-electron chi connectivity index (χ0n) is 11.3. The van der Waals surface area contributed by atoms with Crippen molar-refractivity contribution in [1.82, 2.24) is 9.97 Å². The van der Waals surface area contributed by atoms with Crippen LogP contribution in [0.2, 0.25) is 15.5 Å². The highest BCUT2D eigenvalue weighted by molar-refractivity contribution is 6.35. The first kappa shape index (κ1) is 15.9. The maximum atomic E-state index is 6.24. The molecule has 0 aliphatic rings. The van der Waals surface area contributed by atoms with Crippen LogP contribution >= 0.6 is 34.8 Å². The normalized spacial score (nSPS) is 10.3.